The third-order valence-electron chi connectivity index (χ3n) is 4.31. The van der Waals surface area contributed by atoms with Crippen molar-refractivity contribution in [3.63, 3.8) is 0 Å². The molecule has 0 saturated carbocycles. The fraction of sp³-hybridized carbons (Fsp3) is 0.944. The molecule has 7 heteroatoms. The summed E-state index contributed by atoms with van der Waals surface area (Å²) in [6.07, 6.45) is 14.5. The Kier molecular flexibility index (Phi) is 20.8. The molecule has 0 unspecified atom stereocenters. The predicted octanol–water partition coefficient (Wildman–Crippen LogP) is 1.09. The molecule has 5 nitrogen and oxygen atoms in total. The topological polar surface area (TPSA) is 77.5 Å². The molecule has 0 aromatic carbocycles. The number of hydrogen-bond donors (Lipinski definition) is 0. The minimum absolute atomic E-state index is 0. The Hall–Kier alpha value is 1.02. The first-order valence-corrected chi connectivity index (χ1v) is 11.1. The molecule has 0 atom stereocenters. The summed E-state index contributed by atoms with van der Waals surface area (Å²) in [4.78, 5) is 13.4. The Labute approximate surface area is 197 Å². The van der Waals surface area contributed by atoms with Crippen molar-refractivity contribution in [1.29, 1.82) is 0 Å². The molecule has 0 aromatic heterocycles. The average Bonchev–Trinajstić information content (AvgIpc) is 2.51. The van der Waals surface area contributed by atoms with Gasteiger partial charge in [0.2, 0.25) is 5.91 Å². The number of unbranched alkanes of at least 4 members (excludes halogenated alkanes) is 10. The molecule has 0 bridgehead atoms. The van der Waals surface area contributed by atoms with Crippen LogP contribution in [0.1, 0.15) is 90.4 Å². The van der Waals surface area contributed by atoms with Crippen LogP contribution in [-0.2, 0) is 14.9 Å². The predicted molar refractivity (Wildman–Crippen MR) is 97.9 cm³/mol. The minimum Gasteiger partial charge on any atom is -0.748 e. The smallest absolute Gasteiger partial charge is 0.748 e. The van der Waals surface area contributed by atoms with Gasteiger partial charge >= 0.3 is 51.4 Å². The van der Waals surface area contributed by atoms with Crippen LogP contribution in [0.25, 0.3) is 0 Å². The third kappa shape index (κ3) is 21.2. The average molecular weight is 402 g/mol. The van der Waals surface area contributed by atoms with E-state index in [4.69, 9.17) is 0 Å². The summed E-state index contributed by atoms with van der Waals surface area (Å²) in [6.45, 7) is 2.57. The quantitative estimate of drug-likeness (QED) is 0.220. The first kappa shape index (κ1) is 28.2. The molecule has 144 valence electrons. The molecule has 0 rings (SSSR count). The van der Waals surface area contributed by atoms with E-state index in [2.05, 4.69) is 6.92 Å². The van der Waals surface area contributed by atoms with Crippen molar-refractivity contribution in [2.45, 2.75) is 90.4 Å². The monoisotopic (exact) mass is 401 g/mol. The molecule has 0 N–H and O–H groups in total. The van der Waals surface area contributed by atoms with E-state index in [9.17, 15) is 17.8 Å². The van der Waals surface area contributed by atoms with Crippen LogP contribution < -0.4 is 51.4 Å². The zero-order valence-corrected chi connectivity index (χ0v) is 20.5. The molecule has 0 aliphatic heterocycles. The third-order valence-corrected chi connectivity index (χ3v) is 5.10. The van der Waals surface area contributed by atoms with Crippen molar-refractivity contribution in [3.05, 3.63) is 0 Å². The summed E-state index contributed by atoms with van der Waals surface area (Å²) < 4.78 is 31.5. The van der Waals surface area contributed by atoms with E-state index in [1.807, 2.05) is 0 Å². The van der Waals surface area contributed by atoms with Gasteiger partial charge in [-0.25, -0.2) is 8.42 Å². The fourth-order valence-corrected chi connectivity index (χ4v) is 3.22. The van der Waals surface area contributed by atoms with Gasteiger partial charge in [-0.05, 0) is 12.8 Å². The van der Waals surface area contributed by atoms with E-state index in [0.29, 0.717) is 13.0 Å². The summed E-state index contributed by atoms with van der Waals surface area (Å²) in [6, 6.07) is 0. The molecular weight excluding hydrogens is 365 g/mol. The van der Waals surface area contributed by atoms with Crippen LogP contribution in [0.5, 0.6) is 0 Å². The van der Waals surface area contributed by atoms with Crippen LogP contribution in [0.4, 0.5) is 0 Å². The zero-order valence-electron chi connectivity index (χ0n) is 16.6. The number of rotatable bonds is 16. The second-order valence-electron chi connectivity index (χ2n) is 6.72. The standard InChI is InChI=1S/C18H37NO4S.K/c1-3-4-5-6-7-8-9-10-11-12-13-15-18(20)19(2)16-14-17-24(21,22)23;/h3-17H2,1-2H3,(H,21,22,23);/q;+1/p-1. The first-order valence-electron chi connectivity index (χ1n) is 9.54. The molecule has 25 heavy (non-hydrogen) atoms. The molecule has 0 fully saturated rings. The van der Waals surface area contributed by atoms with Gasteiger partial charge in [0.25, 0.3) is 0 Å². The Morgan fingerprint density at radius 3 is 1.72 bits per heavy atom. The Morgan fingerprint density at radius 1 is 0.840 bits per heavy atom. The van der Waals surface area contributed by atoms with E-state index in [1.54, 1.807) is 7.05 Å². The van der Waals surface area contributed by atoms with Crippen molar-refractivity contribution >= 4 is 16.0 Å². The molecule has 0 heterocycles. The second kappa shape index (κ2) is 18.4. The largest absolute Gasteiger partial charge is 1.00 e. The van der Waals surface area contributed by atoms with E-state index in [-0.39, 0.29) is 63.7 Å². The fourth-order valence-electron chi connectivity index (χ4n) is 2.73. The Balaban J connectivity index is 0. The van der Waals surface area contributed by atoms with Crippen LogP contribution in [0.15, 0.2) is 0 Å². The zero-order chi connectivity index (χ0) is 18.3. The molecular formula is C18H36KNO4S. The number of amides is 1. The summed E-state index contributed by atoms with van der Waals surface area (Å²) in [7, 11) is -2.51. The van der Waals surface area contributed by atoms with Crippen molar-refractivity contribution in [3.8, 4) is 0 Å². The molecule has 0 aliphatic rings. The van der Waals surface area contributed by atoms with Gasteiger partial charge in [0.05, 0.1) is 10.1 Å². The SMILES string of the molecule is CCCCCCCCCCCCCC(=O)N(C)CCCS(=O)(=O)[O-].[K+]. The van der Waals surface area contributed by atoms with Gasteiger partial charge < -0.3 is 9.45 Å². The van der Waals surface area contributed by atoms with Gasteiger partial charge in [-0.2, -0.15) is 0 Å². The van der Waals surface area contributed by atoms with Crippen LogP contribution >= 0.6 is 0 Å². The number of carbonyl (C=O) groups is 1. The van der Waals surface area contributed by atoms with Crippen molar-refractivity contribution in [2.24, 2.45) is 0 Å². The number of carbonyl (C=O) groups excluding carboxylic acids is 1. The first-order chi connectivity index (χ1) is 11.4. The van der Waals surface area contributed by atoms with Crippen molar-refractivity contribution in [2.75, 3.05) is 19.3 Å². The van der Waals surface area contributed by atoms with Gasteiger partial charge in [0.1, 0.15) is 0 Å². The van der Waals surface area contributed by atoms with Crippen LogP contribution in [-0.4, -0.2) is 43.1 Å². The molecule has 0 saturated heterocycles. The Morgan fingerprint density at radius 2 is 1.28 bits per heavy atom. The van der Waals surface area contributed by atoms with E-state index >= 15 is 0 Å². The molecule has 0 aromatic rings. The number of nitrogens with zero attached hydrogens (tertiary/aromatic N) is 1. The van der Waals surface area contributed by atoms with E-state index < -0.39 is 15.9 Å². The maximum atomic E-state index is 11.9. The molecule has 0 radical (unpaired) electrons. The van der Waals surface area contributed by atoms with Gasteiger partial charge in [-0.1, -0.05) is 71.1 Å². The summed E-state index contributed by atoms with van der Waals surface area (Å²) in [5.41, 5.74) is 0. The van der Waals surface area contributed by atoms with E-state index in [0.717, 1.165) is 12.8 Å². The normalized spacial score (nSPS) is 11.2. The van der Waals surface area contributed by atoms with Gasteiger partial charge in [-0.3, -0.25) is 4.79 Å². The molecule has 0 spiro atoms. The minimum atomic E-state index is -4.17. The van der Waals surface area contributed by atoms with Gasteiger partial charge in [0, 0.05) is 25.8 Å². The van der Waals surface area contributed by atoms with Gasteiger partial charge in [-0.15, -0.1) is 0 Å². The Bertz CT molecular complexity index is 415. The van der Waals surface area contributed by atoms with Crippen molar-refractivity contribution < 1.29 is 69.1 Å². The molecule has 0 aliphatic carbocycles. The summed E-state index contributed by atoms with van der Waals surface area (Å²) >= 11 is 0. The maximum absolute atomic E-state index is 11.9. The maximum Gasteiger partial charge on any atom is 1.00 e. The van der Waals surface area contributed by atoms with Crippen LogP contribution in [0.3, 0.4) is 0 Å². The summed E-state index contributed by atoms with van der Waals surface area (Å²) in [5, 5.41) is 0. The van der Waals surface area contributed by atoms with Gasteiger partial charge in [0.15, 0.2) is 0 Å². The van der Waals surface area contributed by atoms with E-state index in [1.165, 1.54) is 62.7 Å². The number of hydrogen-bond acceptors (Lipinski definition) is 4. The molecule has 1 amide bonds. The van der Waals surface area contributed by atoms with Crippen molar-refractivity contribution in [1.82, 2.24) is 4.90 Å². The summed E-state index contributed by atoms with van der Waals surface area (Å²) in [5.74, 6) is -0.363. The van der Waals surface area contributed by atoms with Crippen LogP contribution in [0.2, 0.25) is 0 Å². The van der Waals surface area contributed by atoms with Crippen LogP contribution in [0, 0.1) is 0 Å². The second-order valence-corrected chi connectivity index (χ2v) is 8.24.